The molecule has 0 aliphatic carbocycles. The van der Waals surface area contributed by atoms with Crippen molar-refractivity contribution >= 4 is 39.5 Å². The zero-order valence-corrected chi connectivity index (χ0v) is 64.1. The minimum absolute atomic E-state index is 0.0846. The number of carbonyl (C=O) groups is 4. The molecule has 5 atom stereocenters. The monoisotopic (exact) mass is 1410 g/mol. The summed E-state index contributed by atoms with van der Waals surface area (Å²) in [4.78, 5) is 72.8. The number of rotatable bonds is 73. The summed E-state index contributed by atoms with van der Waals surface area (Å²) in [6, 6.07) is 0. The lowest BCUT2D eigenvalue weighted by Gasteiger charge is -2.21. The number of hydrogen-bond acceptors (Lipinski definition) is 15. The number of aliphatic hydroxyl groups excluding tert-OH is 1. The highest BCUT2D eigenvalue weighted by molar-refractivity contribution is 7.47. The third-order valence-corrected chi connectivity index (χ3v) is 19.2. The Bertz CT molecular complexity index is 1960. The van der Waals surface area contributed by atoms with Crippen LogP contribution in [-0.4, -0.2) is 96.7 Å². The SMILES string of the molecule is CCCCCC/C=C\C=C/CCCCCCCC(=O)O[C@H](COC(=O)CCCCCCCCCCCCCC(C)C)COP(=O)(O)OCC(O)COP(=O)(O)OC[C@@H](COC(=O)CCCCCCCCC(C)C)OC(=O)CCCCCCCCCCCCCCCCCC(C)C. The number of hydrogen-bond donors (Lipinski definition) is 3. The fraction of sp³-hybridized carbons (Fsp3) is 0.896. The highest BCUT2D eigenvalue weighted by Crippen LogP contribution is 2.45. The molecule has 96 heavy (non-hydrogen) atoms. The van der Waals surface area contributed by atoms with E-state index in [1.54, 1.807) is 0 Å². The lowest BCUT2D eigenvalue weighted by Crippen LogP contribution is -2.30. The van der Waals surface area contributed by atoms with Crippen LogP contribution in [0.15, 0.2) is 24.3 Å². The highest BCUT2D eigenvalue weighted by atomic mass is 31.2. The summed E-state index contributed by atoms with van der Waals surface area (Å²) in [5, 5.41) is 10.6. The first-order valence-corrected chi connectivity index (χ1v) is 42.2. The van der Waals surface area contributed by atoms with Crippen LogP contribution < -0.4 is 0 Å². The van der Waals surface area contributed by atoms with Crippen LogP contribution in [0.4, 0.5) is 0 Å². The van der Waals surface area contributed by atoms with Gasteiger partial charge >= 0.3 is 39.5 Å². The number of phosphoric acid groups is 2. The first-order chi connectivity index (χ1) is 46.2. The first kappa shape index (κ1) is 93.5. The molecule has 0 aromatic heterocycles. The van der Waals surface area contributed by atoms with Gasteiger partial charge in [0.2, 0.25) is 0 Å². The minimum Gasteiger partial charge on any atom is -0.462 e. The van der Waals surface area contributed by atoms with E-state index in [0.29, 0.717) is 31.6 Å². The quantitative estimate of drug-likeness (QED) is 0.0169. The number of unbranched alkanes of at least 4 members (excludes halogenated alkanes) is 38. The summed E-state index contributed by atoms with van der Waals surface area (Å²) in [5.41, 5.74) is 0. The number of allylic oxidation sites excluding steroid dienone is 4. The van der Waals surface area contributed by atoms with Crippen molar-refractivity contribution in [3.05, 3.63) is 24.3 Å². The fourth-order valence-electron chi connectivity index (χ4n) is 11.2. The molecule has 0 spiro atoms. The molecule has 0 rings (SSSR count). The molecular formula is C77H146O17P2. The van der Waals surface area contributed by atoms with E-state index in [0.717, 1.165) is 121 Å². The third-order valence-electron chi connectivity index (χ3n) is 17.3. The van der Waals surface area contributed by atoms with E-state index in [4.69, 9.17) is 37.0 Å². The Labute approximate surface area is 586 Å². The van der Waals surface area contributed by atoms with Crippen LogP contribution in [0.1, 0.15) is 370 Å². The summed E-state index contributed by atoms with van der Waals surface area (Å²) in [7, 11) is -9.93. The predicted molar refractivity (Wildman–Crippen MR) is 390 cm³/mol. The van der Waals surface area contributed by atoms with E-state index in [9.17, 15) is 43.2 Å². The molecule has 19 heteroatoms. The molecule has 0 bridgehead atoms. The Hall–Kier alpha value is -2.46. The normalized spacial score (nSPS) is 14.2. The van der Waals surface area contributed by atoms with Gasteiger partial charge in [0.15, 0.2) is 12.2 Å². The standard InChI is InChI=1S/C77H146O17P2/c1-8-9-10-11-12-13-14-15-17-21-26-32-37-46-53-60-76(81)93-72(64-87-74(79)58-51-44-36-31-28-23-25-30-35-42-49-56-69(4)5)66-91-95(83,84)89-62-71(78)63-90-96(85,86)92-67-73(65-88-75(80)59-52-45-40-39-43-50-57-70(6)7)94-77(82)61-54-47-38-33-27-22-19-16-18-20-24-29-34-41-48-55-68(2)3/h13-15,17,68-73,78H,8-12,16,18-67H2,1-7H3,(H,83,84)(H,85,86)/b14-13-,17-15-/t71?,72-,73-/m1/s1. The molecule has 566 valence electrons. The lowest BCUT2D eigenvalue weighted by atomic mass is 10.0. The summed E-state index contributed by atoms with van der Waals surface area (Å²) in [6.45, 7) is 11.8. The van der Waals surface area contributed by atoms with Gasteiger partial charge in [-0.3, -0.25) is 37.3 Å². The van der Waals surface area contributed by atoms with Crippen LogP contribution >= 0.6 is 15.6 Å². The van der Waals surface area contributed by atoms with Crippen LogP contribution in [0.5, 0.6) is 0 Å². The average molecular weight is 1410 g/mol. The largest absolute Gasteiger partial charge is 0.472 e. The van der Waals surface area contributed by atoms with E-state index in [2.05, 4.69) is 72.8 Å². The molecule has 17 nitrogen and oxygen atoms in total. The molecule has 0 aromatic carbocycles. The van der Waals surface area contributed by atoms with Gasteiger partial charge in [-0.1, -0.05) is 317 Å². The summed E-state index contributed by atoms with van der Waals surface area (Å²) >= 11 is 0. The fourth-order valence-corrected chi connectivity index (χ4v) is 12.8. The molecular weight excluding hydrogens is 1260 g/mol. The molecule has 3 N–H and O–H groups in total. The number of aliphatic hydroxyl groups is 1. The summed E-state index contributed by atoms with van der Waals surface area (Å²) in [6.07, 6.45) is 56.4. The molecule has 0 saturated heterocycles. The van der Waals surface area contributed by atoms with E-state index in [-0.39, 0.29) is 25.7 Å². The Morgan fingerprint density at radius 1 is 0.323 bits per heavy atom. The zero-order valence-electron chi connectivity index (χ0n) is 62.3. The van der Waals surface area contributed by atoms with Crippen LogP contribution in [0, 0.1) is 17.8 Å². The molecule has 0 aromatic rings. The lowest BCUT2D eigenvalue weighted by molar-refractivity contribution is -0.161. The van der Waals surface area contributed by atoms with Gasteiger partial charge in [-0.05, 0) is 69.1 Å². The number of phosphoric ester groups is 2. The van der Waals surface area contributed by atoms with Gasteiger partial charge in [0.25, 0.3) is 0 Å². The highest BCUT2D eigenvalue weighted by Gasteiger charge is 2.30. The minimum atomic E-state index is -4.97. The molecule has 0 amide bonds. The van der Waals surface area contributed by atoms with Gasteiger partial charge < -0.3 is 33.8 Å². The van der Waals surface area contributed by atoms with Gasteiger partial charge in [0.05, 0.1) is 26.4 Å². The zero-order chi connectivity index (χ0) is 70.9. The van der Waals surface area contributed by atoms with Crippen molar-refractivity contribution in [3.63, 3.8) is 0 Å². The summed E-state index contributed by atoms with van der Waals surface area (Å²) < 4.78 is 68.5. The number of ether oxygens (including phenoxy) is 4. The van der Waals surface area contributed by atoms with E-state index < -0.39 is 97.5 Å². The Morgan fingerprint density at radius 2 is 0.562 bits per heavy atom. The molecule has 0 radical (unpaired) electrons. The van der Waals surface area contributed by atoms with Gasteiger partial charge in [-0.2, -0.15) is 0 Å². The maximum atomic E-state index is 13.1. The Kier molecular flexibility index (Phi) is 65.3. The molecule has 0 aliphatic heterocycles. The number of esters is 4. The molecule has 0 aliphatic rings. The maximum Gasteiger partial charge on any atom is 0.472 e. The van der Waals surface area contributed by atoms with Crippen molar-refractivity contribution < 1.29 is 80.2 Å². The Morgan fingerprint density at radius 3 is 0.844 bits per heavy atom. The average Bonchev–Trinajstić information content (AvgIpc) is 1.38. The Balaban J connectivity index is 5.26. The van der Waals surface area contributed by atoms with Crippen molar-refractivity contribution in [2.24, 2.45) is 17.8 Å². The number of carbonyl (C=O) groups excluding carboxylic acids is 4. The van der Waals surface area contributed by atoms with Crippen molar-refractivity contribution in [1.29, 1.82) is 0 Å². The van der Waals surface area contributed by atoms with E-state index in [1.165, 1.54) is 161 Å². The van der Waals surface area contributed by atoms with E-state index in [1.807, 2.05) is 0 Å². The molecule has 0 fully saturated rings. The predicted octanol–water partition coefficient (Wildman–Crippen LogP) is 22.1. The first-order valence-electron chi connectivity index (χ1n) is 39.2. The van der Waals surface area contributed by atoms with Crippen LogP contribution in [0.25, 0.3) is 0 Å². The second-order valence-corrected chi connectivity index (χ2v) is 31.4. The smallest absolute Gasteiger partial charge is 0.462 e. The van der Waals surface area contributed by atoms with Gasteiger partial charge in [0.1, 0.15) is 19.3 Å². The molecule has 0 heterocycles. The van der Waals surface area contributed by atoms with Crippen LogP contribution in [-0.2, 0) is 65.4 Å². The van der Waals surface area contributed by atoms with Crippen LogP contribution in [0.2, 0.25) is 0 Å². The van der Waals surface area contributed by atoms with E-state index >= 15 is 0 Å². The van der Waals surface area contributed by atoms with Crippen molar-refractivity contribution in [1.82, 2.24) is 0 Å². The second kappa shape index (κ2) is 67.1. The topological polar surface area (TPSA) is 237 Å². The summed E-state index contributed by atoms with van der Waals surface area (Å²) in [5.74, 6) is 0.0985. The van der Waals surface area contributed by atoms with Gasteiger partial charge in [-0.25, -0.2) is 9.13 Å². The van der Waals surface area contributed by atoms with Gasteiger partial charge in [-0.15, -0.1) is 0 Å². The van der Waals surface area contributed by atoms with Gasteiger partial charge in [0, 0.05) is 25.7 Å². The molecule has 0 saturated carbocycles. The third kappa shape index (κ3) is 70.0. The van der Waals surface area contributed by atoms with Crippen LogP contribution in [0.3, 0.4) is 0 Å². The molecule has 3 unspecified atom stereocenters. The van der Waals surface area contributed by atoms with Crippen molar-refractivity contribution in [2.45, 2.75) is 388 Å². The maximum absolute atomic E-state index is 13.1. The van der Waals surface area contributed by atoms with Crippen molar-refractivity contribution in [2.75, 3.05) is 39.6 Å². The second-order valence-electron chi connectivity index (χ2n) is 28.5. The van der Waals surface area contributed by atoms with Crippen molar-refractivity contribution in [3.8, 4) is 0 Å².